The SMILES string of the molecule is O=C(Oc1ccc(OC[C@@H]2CO2)cc1)C1=CC=C(OCC2CO2)CC1. The van der Waals surface area contributed by atoms with Gasteiger partial charge in [-0.1, -0.05) is 0 Å². The maximum Gasteiger partial charge on any atom is 0.339 e. The second-order valence-electron chi connectivity index (χ2n) is 6.22. The first kappa shape index (κ1) is 16.2. The molecule has 2 fully saturated rings. The Morgan fingerprint density at radius 3 is 2.16 bits per heavy atom. The summed E-state index contributed by atoms with van der Waals surface area (Å²) in [7, 11) is 0. The van der Waals surface area contributed by atoms with Gasteiger partial charge in [-0.15, -0.1) is 0 Å². The van der Waals surface area contributed by atoms with Gasteiger partial charge in [-0.2, -0.15) is 0 Å². The average molecular weight is 344 g/mol. The Hall–Kier alpha value is -2.31. The third kappa shape index (κ3) is 4.84. The molecule has 1 aliphatic carbocycles. The molecule has 0 spiro atoms. The van der Waals surface area contributed by atoms with Crippen LogP contribution in [0.25, 0.3) is 0 Å². The first-order valence-electron chi connectivity index (χ1n) is 8.47. The maximum absolute atomic E-state index is 12.2. The van der Waals surface area contributed by atoms with Crippen molar-refractivity contribution >= 4 is 5.97 Å². The molecule has 0 radical (unpaired) electrons. The molecule has 0 saturated carbocycles. The molecule has 6 heteroatoms. The monoisotopic (exact) mass is 344 g/mol. The number of carbonyl (C=O) groups excluding carboxylic acids is 1. The van der Waals surface area contributed by atoms with Crippen molar-refractivity contribution in [2.45, 2.75) is 25.0 Å². The molecule has 2 heterocycles. The van der Waals surface area contributed by atoms with E-state index in [2.05, 4.69) is 0 Å². The summed E-state index contributed by atoms with van der Waals surface area (Å²) in [6.45, 7) is 2.68. The van der Waals surface area contributed by atoms with Gasteiger partial charge in [0, 0.05) is 12.0 Å². The van der Waals surface area contributed by atoms with Gasteiger partial charge >= 0.3 is 5.97 Å². The molecule has 0 amide bonds. The first-order chi connectivity index (χ1) is 12.3. The lowest BCUT2D eigenvalue weighted by atomic mass is 10.0. The number of hydrogen-bond acceptors (Lipinski definition) is 6. The molecule has 132 valence electrons. The first-order valence-corrected chi connectivity index (χ1v) is 8.47. The van der Waals surface area contributed by atoms with Crippen LogP contribution in [-0.4, -0.2) is 44.6 Å². The van der Waals surface area contributed by atoms with Crippen LogP contribution >= 0.6 is 0 Å². The van der Waals surface area contributed by atoms with Gasteiger partial charge in [-0.05, 0) is 42.8 Å². The van der Waals surface area contributed by atoms with Crippen LogP contribution in [0.5, 0.6) is 11.5 Å². The summed E-state index contributed by atoms with van der Waals surface area (Å²) < 4.78 is 26.8. The highest BCUT2D eigenvalue weighted by Gasteiger charge is 2.24. The Bertz CT molecular complexity index is 682. The summed E-state index contributed by atoms with van der Waals surface area (Å²) in [5.74, 6) is 1.78. The van der Waals surface area contributed by atoms with Crippen LogP contribution in [0.2, 0.25) is 0 Å². The molecule has 6 nitrogen and oxygen atoms in total. The van der Waals surface area contributed by atoms with Gasteiger partial charge in [0.05, 0.1) is 19.0 Å². The molecule has 1 aromatic carbocycles. The van der Waals surface area contributed by atoms with E-state index in [9.17, 15) is 4.79 Å². The van der Waals surface area contributed by atoms with Crippen molar-refractivity contribution in [2.24, 2.45) is 0 Å². The normalized spacial score (nSPS) is 24.0. The van der Waals surface area contributed by atoms with Gasteiger partial charge < -0.3 is 23.7 Å². The molecular formula is C19H20O6. The Balaban J connectivity index is 1.27. The van der Waals surface area contributed by atoms with Crippen LogP contribution in [0.15, 0.2) is 47.7 Å². The second-order valence-corrected chi connectivity index (χ2v) is 6.22. The van der Waals surface area contributed by atoms with Crippen LogP contribution in [0.1, 0.15) is 12.8 Å². The summed E-state index contributed by atoms with van der Waals surface area (Å²) in [5.41, 5.74) is 0.640. The van der Waals surface area contributed by atoms with Crippen LogP contribution in [-0.2, 0) is 19.0 Å². The summed E-state index contributed by atoms with van der Waals surface area (Å²) in [6.07, 6.45) is 5.36. The summed E-state index contributed by atoms with van der Waals surface area (Å²) >= 11 is 0. The number of ether oxygens (including phenoxy) is 5. The minimum atomic E-state index is -0.333. The summed E-state index contributed by atoms with van der Waals surface area (Å²) in [4.78, 5) is 12.2. The third-order valence-electron chi connectivity index (χ3n) is 4.10. The van der Waals surface area contributed by atoms with Crippen LogP contribution in [0.3, 0.4) is 0 Å². The molecule has 2 saturated heterocycles. The molecule has 0 bridgehead atoms. The molecule has 2 aliphatic heterocycles. The number of rotatable bonds is 8. The quantitative estimate of drug-likeness (QED) is 0.410. The predicted octanol–water partition coefficient (Wildman–Crippen LogP) is 2.39. The van der Waals surface area contributed by atoms with Gasteiger partial charge in [-0.25, -0.2) is 4.79 Å². The molecule has 2 atom stereocenters. The van der Waals surface area contributed by atoms with Crippen molar-refractivity contribution in [1.82, 2.24) is 0 Å². The molecule has 25 heavy (non-hydrogen) atoms. The van der Waals surface area contributed by atoms with Gasteiger partial charge in [0.1, 0.15) is 36.9 Å². The molecule has 1 aromatic rings. The van der Waals surface area contributed by atoms with E-state index in [1.807, 2.05) is 6.08 Å². The topological polar surface area (TPSA) is 69.8 Å². The molecule has 0 aromatic heterocycles. The van der Waals surface area contributed by atoms with E-state index in [4.69, 9.17) is 23.7 Å². The Morgan fingerprint density at radius 1 is 0.920 bits per heavy atom. The molecule has 0 N–H and O–H groups in total. The van der Waals surface area contributed by atoms with Gasteiger partial charge in [0.15, 0.2) is 0 Å². The fourth-order valence-corrected chi connectivity index (χ4v) is 2.40. The third-order valence-corrected chi connectivity index (χ3v) is 4.10. The maximum atomic E-state index is 12.2. The lowest BCUT2D eigenvalue weighted by Crippen LogP contribution is -2.14. The van der Waals surface area contributed by atoms with Crippen LogP contribution < -0.4 is 9.47 Å². The molecular weight excluding hydrogens is 324 g/mol. The fraction of sp³-hybridized carbons (Fsp3) is 0.421. The molecule has 1 unspecified atom stereocenters. The number of epoxide rings is 2. The highest BCUT2D eigenvalue weighted by atomic mass is 16.6. The van der Waals surface area contributed by atoms with Gasteiger partial charge in [0.25, 0.3) is 0 Å². The zero-order valence-corrected chi connectivity index (χ0v) is 13.8. The number of benzene rings is 1. The number of allylic oxidation sites excluding steroid dienone is 3. The van der Waals surface area contributed by atoms with E-state index in [1.165, 1.54) is 0 Å². The van der Waals surface area contributed by atoms with Crippen molar-refractivity contribution in [1.29, 1.82) is 0 Å². The Morgan fingerprint density at radius 2 is 1.56 bits per heavy atom. The zero-order chi connectivity index (χ0) is 17.1. The minimum absolute atomic E-state index is 0.217. The van der Waals surface area contributed by atoms with E-state index < -0.39 is 0 Å². The predicted molar refractivity (Wildman–Crippen MR) is 88.4 cm³/mol. The number of esters is 1. The molecule has 3 aliphatic rings. The molecule has 4 rings (SSSR count). The van der Waals surface area contributed by atoms with E-state index in [0.29, 0.717) is 37.4 Å². The highest BCUT2D eigenvalue weighted by Crippen LogP contribution is 2.24. The van der Waals surface area contributed by atoms with Gasteiger partial charge in [0.2, 0.25) is 0 Å². The Kier molecular flexibility index (Phi) is 4.72. The number of hydrogen-bond donors (Lipinski definition) is 0. The smallest absolute Gasteiger partial charge is 0.339 e. The summed E-state index contributed by atoms with van der Waals surface area (Å²) in [6, 6.07) is 7.02. The standard InChI is InChI=1S/C19H20O6/c20-19(13-1-3-14(4-2-13)21-9-17-11-23-17)25-16-7-5-15(6-8-16)22-10-18-12-24-18/h1,3,5-8,17-18H,2,4,9-12H2/t17?,18-/m1/s1. The van der Waals surface area contributed by atoms with Gasteiger partial charge in [-0.3, -0.25) is 0 Å². The van der Waals surface area contributed by atoms with Crippen molar-refractivity contribution in [3.05, 3.63) is 47.7 Å². The number of carbonyl (C=O) groups is 1. The lowest BCUT2D eigenvalue weighted by molar-refractivity contribution is -0.130. The van der Waals surface area contributed by atoms with Crippen molar-refractivity contribution in [2.75, 3.05) is 26.4 Å². The lowest BCUT2D eigenvalue weighted by Gasteiger charge is -2.15. The van der Waals surface area contributed by atoms with Crippen molar-refractivity contribution in [3.8, 4) is 11.5 Å². The largest absolute Gasteiger partial charge is 0.495 e. The highest BCUT2D eigenvalue weighted by molar-refractivity contribution is 5.90. The summed E-state index contributed by atoms with van der Waals surface area (Å²) in [5, 5.41) is 0. The second kappa shape index (κ2) is 7.29. The van der Waals surface area contributed by atoms with E-state index >= 15 is 0 Å². The minimum Gasteiger partial charge on any atom is -0.495 e. The van der Waals surface area contributed by atoms with Crippen molar-refractivity contribution < 1.29 is 28.5 Å². The van der Waals surface area contributed by atoms with E-state index in [0.717, 1.165) is 24.7 Å². The van der Waals surface area contributed by atoms with Crippen molar-refractivity contribution in [3.63, 3.8) is 0 Å². The zero-order valence-electron chi connectivity index (χ0n) is 13.8. The van der Waals surface area contributed by atoms with Crippen LogP contribution in [0, 0.1) is 0 Å². The van der Waals surface area contributed by atoms with E-state index in [-0.39, 0.29) is 18.2 Å². The average Bonchev–Trinajstić information content (AvgIpc) is 3.55. The van der Waals surface area contributed by atoms with E-state index in [1.54, 1.807) is 30.3 Å². The Labute approximate surface area is 146 Å². The fourth-order valence-electron chi connectivity index (χ4n) is 2.40. The van der Waals surface area contributed by atoms with Crippen LogP contribution in [0.4, 0.5) is 0 Å².